The lowest BCUT2D eigenvalue weighted by atomic mass is 10.1. The van der Waals surface area contributed by atoms with Gasteiger partial charge < -0.3 is 15.0 Å². The standard InChI is InChI=1S/C16H20FN3O/c1-10-6-14(12-7-11(17)4-5-13(12)18-10)19-15-8-20(2)9-16(15)21-3/h4-7,15-16H,8-9H2,1-3H3,(H,18,19)/t15-,16-/m0/s1. The summed E-state index contributed by atoms with van der Waals surface area (Å²) in [4.78, 5) is 6.68. The van der Waals surface area contributed by atoms with Crippen molar-refractivity contribution in [3.63, 3.8) is 0 Å². The van der Waals surface area contributed by atoms with Gasteiger partial charge in [-0.15, -0.1) is 0 Å². The number of halogens is 1. The Balaban J connectivity index is 1.98. The third-order valence-corrected chi connectivity index (χ3v) is 3.99. The Morgan fingerprint density at radius 2 is 2.14 bits per heavy atom. The van der Waals surface area contributed by atoms with E-state index in [2.05, 4.69) is 22.2 Å². The van der Waals surface area contributed by atoms with Gasteiger partial charge in [0.15, 0.2) is 0 Å². The number of nitrogens with zero attached hydrogens (tertiary/aromatic N) is 2. The summed E-state index contributed by atoms with van der Waals surface area (Å²) in [7, 11) is 3.80. The van der Waals surface area contributed by atoms with Crippen LogP contribution in [0.15, 0.2) is 24.3 Å². The monoisotopic (exact) mass is 289 g/mol. The Bertz CT molecular complexity index is 661. The highest BCUT2D eigenvalue weighted by Gasteiger charge is 2.31. The molecule has 1 fully saturated rings. The number of aryl methyl sites for hydroxylation is 1. The second kappa shape index (κ2) is 5.58. The topological polar surface area (TPSA) is 37.4 Å². The Labute approximate surface area is 123 Å². The number of likely N-dealkylation sites (N-methyl/N-ethyl adjacent to an activating group) is 1. The molecule has 0 bridgehead atoms. The fraction of sp³-hybridized carbons (Fsp3) is 0.438. The van der Waals surface area contributed by atoms with Gasteiger partial charge in [-0.1, -0.05) is 0 Å². The first-order valence-corrected chi connectivity index (χ1v) is 7.11. The molecule has 5 heteroatoms. The highest BCUT2D eigenvalue weighted by molar-refractivity contribution is 5.91. The maximum atomic E-state index is 13.5. The van der Waals surface area contributed by atoms with Gasteiger partial charge in [0.25, 0.3) is 0 Å². The van der Waals surface area contributed by atoms with Crippen LogP contribution in [0.5, 0.6) is 0 Å². The zero-order valence-electron chi connectivity index (χ0n) is 12.6. The average molecular weight is 289 g/mol. The molecule has 0 saturated carbocycles. The first-order valence-electron chi connectivity index (χ1n) is 7.11. The van der Waals surface area contributed by atoms with Gasteiger partial charge in [-0.05, 0) is 38.2 Å². The minimum atomic E-state index is -0.247. The van der Waals surface area contributed by atoms with E-state index in [4.69, 9.17) is 4.74 Å². The molecular weight excluding hydrogens is 269 g/mol. The number of likely N-dealkylation sites (tertiary alicyclic amines) is 1. The van der Waals surface area contributed by atoms with Crippen LogP contribution in [0, 0.1) is 12.7 Å². The molecule has 3 rings (SSSR count). The van der Waals surface area contributed by atoms with Crippen LogP contribution < -0.4 is 5.32 Å². The highest BCUT2D eigenvalue weighted by Crippen LogP contribution is 2.26. The molecule has 2 atom stereocenters. The molecule has 2 heterocycles. The maximum absolute atomic E-state index is 13.5. The van der Waals surface area contributed by atoms with Crippen LogP contribution in [0.25, 0.3) is 10.9 Å². The quantitative estimate of drug-likeness (QED) is 0.941. The number of methoxy groups -OCH3 is 1. The number of nitrogens with one attached hydrogen (secondary N) is 1. The SMILES string of the molecule is CO[C@H]1CN(C)C[C@@H]1Nc1cc(C)nc2ccc(F)cc12. The molecule has 0 aliphatic carbocycles. The molecule has 0 radical (unpaired) electrons. The first kappa shape index (κ1) is 14.2. The number of aromatic nitrogens is 1. The summed E-state index contributed by atoms with van der Waals surface area (Å²) in [6, 6.07) is 6.85. The Morgan fingerprint density at radius 3 is 2.90 bits per heavy atom. The van der Waals surface area contributed by atoms with Gasteiger partial charge in [0.2, 0.25) is 0 Å². The molecule has 1 N–H and O–H groups in total. The van der Waals surface area contributed by atoms with Crippen LogP contribution in [-0.2, 0) is 4.74 Å². The number of rotatable bonds is 3. The van der Waals surface area contributed by atoms with Crippen LogP contribution in [0.4, 0.5) is 10.1 Å². The molecule has 0 amide bonds. The molecular formula is C16H20FN3O. The summed E-state index contributed by atoms with van der Waals surface area (Å²) in [5.74, 6) is -0.247. The van der Waals surface area contributed by atoms with E-state index in [0.717, 1.165) is 35.4 Å². The van der Waals surface area contributed by atoms with Crippen LogP contribution in [-0.4, -0.2) is 49.3 Å². The van der Waals surface area contributed by atoms with Crippen molar-refractivity contribution in [3.05, 3.63) is 35.8 Å². The van der Waals surface area contributed by atoms with Crippen LogP contribution in [0.3, 0.4) is 0 Å². The van der Waals surface area contributed by atoms with Crippen LogP contribution in [0.2, 0.25) is 0 Å². The smallest absolute Gasteiger partial charge is 0.124 e. The third kappa shape index (κ3) is 2.84. The van der Waals surface area contributed by atoms with Gasteiger partial charge in [0, 0.05) is 37.0 Å². The zero-order chi connectivity index (χ0) is 15.0. The molecule has 2 aromatic rings. The predicted octanol–water partition coefficient (Wildman–Crippen LogP) is 2.42. The highest BCUT2D eigenvalue weighted by atomic mass is 19.1. The van der Waals surface area contributed by atoms with Crippen molar-refractivity contribution in [1.29, 1.82) is 0 Å². The van der Waals surface area contributed by atoms with Crippen molar-refractivity contribution in [2.24, 2.45) is 0 Å². The van der Waals surface area contributed by atoms with Crippen molar-refractivity contribution in [2.75, 3.05) is 32.6 Å². The van der Waals surface area contributed by atoms with Crippen molar-refractivity contribution in [2.45, 2.75) is 19.1 Å². The minimum absolute atomic E-state index is 0.132. The van der Waals surface area contributed by atoms with Gasteiger partial charge in [-0.2, -0.15) is 0 Å². The molecule has 21 heavy (non-hydrogen) atoms. The Kier molecular flexibility index (Phi) is 3.78. The summed E-state index contributed by atoms with van der Waals surface area (Å²) < 4.78 is 19.1. The van der Waals surface area contributed by atoms with E-state index >= 15 is 0 Å². The summed E-state index contributed by atoms with van der Waals surface area (Å²) in [5.41, 5.74) is 2.63. The van der Waals surface area contributed by atoms with Crippen molar-refractivity contribution in [1.82, 2.24) is 9.88 Å². The van der Waals surface area contributed by atoms with Gasteiger partial charge in [0.1, 0.15) is 5.82 Å². The molecule has 0 unspecified atom stereocenters. The van der Waals surface area contributed by atoms with E-state index in [9.17, 15) is 4.39 Å². The lowest BCUT2D eigenvalue weighted by molar-refractivity contribution is 0.104. The van der Waals surface area contributed by atoms with Gasteiger partial charge in [0.05, 0.1) is 17.7 Å². The van der Waals surface area contributed by atoms with Gasteiger partial charge in [-0.3, -0.25) is 4.98 Å². The number of fused-ring (bicyclic) bond motifs is 1. The normalized spacial score (nSPS) is 22.9. The molecule has 1 saturated heterocycles. The van der Waals surface area contributed by atoms with Crippen LogP contribution in [0.1, 0.15) is 5.69 Å². The fourth-order valence-electron chi connectivity index (χ4n) is 2.99. The Morgan fingerprint density at radius 1 is 1.33 bits per heavy atom. The molecule has 112 valence electrons. The molecule has 1 aliphatic rings. The van der Waals surface area contributed by atoms with E-state index in [1.54, 1.807) is 13.2 Å². The first-order chi connectivity index (χ1) is 10.1. The van der Waals surface area contributed by atoms with Crippen molar-refractivity contribution >= 4 is 16.6 Å². The summed E-state index contributed by atoms with van der Waals surface area (Å²) in [6.45, 7) is 3.74. The summed E-state index contributed by atoms with van der Waals surface area (Å²) in [6.07, 6.45) is 0.132. The van der Waals surface area contributed by atoms with Gasteiger partial charge >= 0.3 is 0 Å². The fourth-order valence-corrected chi connectivity index (χ4v) is 2.99. The van der Waals surface area contributed by atoms with Gasteiger partial charge in [-0.25, -0.2) is 4.39 Å². The van der Waals surface area contributed by atoms with Crippen LogP contribution >= 0.6 is 0 Å². The third-order valence-electron chi connectivity index (χ3n) is 3.99. The number of ether oxygens (including phenoxy) is 1. The summed E-state index contributed by atoms with van der Waals surface area (Å²) >= 11 is 0. The maximum Gasteiger partial charge on any atom is 0.124 e. The number of hydrogen-bond acceptors (Lipinski definition) is 4. The van der Waals surface area contributed by atoms with E-state index < -0.39 is 0 Å². The van der Waals surface area contributed by atoms with E-state index in [0.29, 0.717) is 0 Å². The van der Waals surface area contributed by atoms with Crippen molar-refractivity contribution < 1.29 is 9.13 Å². The molecule has 1 aromatic heterocycles. The van der Waals surface area contributed by atoms with E-state index in [1.165, 1.54) is 12.1 Å². The van der Waals surface area contributed by atoms with E-state index in [1.807, 2.05) is 13.0 Å². The number of anilines is 1. The average Bonchev–Trinajstić information content (AvgIpc) is 2.79. The van der Waals surface area contributed by atoms with E-state index in [-0.39, 0.29) is 18.0 Å². The second-order valence-electron chi connectivity index (χ2n) is 5.72. The summed E-state index contributed by atoms with van der Waals surface area (Å²) in [5, 5.41) is 4.32. The molecule has 4 nitrogen and oxygen atoms in total. The predicted molar refractivity (Wildman–Crippen MR) is 82.1 cm³/mol. The zero-order valence-corrected chi connectivity index (χ0v) is 12.6. The molecule has 1 aromatic carbocycles. The number of hydrogen-bond donors (Lipinski definition) is 1. The second-order valence-corrected chi connectivity index (χ2v) is 5.72. The molecule has 0 spiro atoms. The largest absolute Gasteiger partial charge is 0.378 e. The number of benzene rings is 1. The lowest BCUT2D eigenvalue weighted by Crippen LogP contribution is -2.33. The lowest BCUT2D eigenvalue weighted by Gasteiger charge is -2.21. The minimum Gasteiger partial charge on any atom is -0.378 e. The molecule has 1 aliphatic heterocycles. The number of pyridine rings is 1. The Hall–Kier alpha value is -1.72. The van der Waals surface area contributed by atoms with Crippen molar-refractivity contribution in [3.8, 4) is 0 Å².